The molecular formula is C12H20N2O2. The summed E-state index contributed by atoms with van der Waals surface area (Å²) in [6.45, 7) is 4.09. The summed E-state index contributed by atoms with van der Waals surface area (Å²) in [5, 5.41) is 10.6. The fourth-order valence-electron chi connectivity index (χ4n) is 1.98. The summed E-state index contributed by atoms with van der Waals surface area (Å²) < 4.78 is 5.15. The van der Waals surface area contributed by atoms with Crippen molar-refractivity contribution in [1.29, 1.82) is 0 Å². The van der Waals surface area contributed by atoms with Crippen molar-refractivity contribution in [2.45, 2.75) is 45.1 Å². The minimum Gasteiger partial charge on any atom is -0.480 e. The monoisotopic (exact) mass is 224 g/mol. The van der Waals surface area contributed by atoms with E-state index in [4.69, 9.17) is 4.74 Å². The van der Waals surface area contributed by atoms with Gasteiger partial charge in [0.1, 0.15) is 11.3 Å². The highest BCUT2D eigenvalue weighted by atomic mass is 16.5. The minimum absolute atomic E-state index is 0.423. The second-order valence-corrected chi connectivity index (χ2v) is 3.95. The number of ether oxygens (including phenoxy) is 1. The van der Waals surface area contributed by atoms with Crippen LogP contribution >= 0.6 is 0 Å². The van der Waals surface area contributed by atoms with Gasteiger partial charge in [-0.25, -0.2) is 4.98 Å². The Bertz CT molecular complexity index is 323. The van der Waals surface area contributed by atoms with Gasteiger partial charge in [0.25, 0.3) is 0 Å². The maximum atomic E-state index is 10.6. The summed E-state index contributed by atoms with van der Waals surface area (Å²) in [4.78, 5) is 8.30. The average molecular weight is 224 g/mol. The van der Waals surface area contributed by atoms with E-state index < -0.39 is 5.60 Å². The molecule has 0 fully saturated rings. The van der Waals surface area contributed by atoms with Crippen LogP contribution in [-0.4, -0.2) is 22.2 Å². The van der Waals surface area contributed by atoms with Crippen molar-refractivity contribution >= 4 is 0 Å². The van der Waals surface area contributed by atoms with Crippen LogP contribution in [0, 0.1) is 0 Å². The van der Waals surface area contributed by atoms with Gasteiger partial charge in [0.15, 0.2) is 0 Å². The Morgan fingerprint density at radius 2 is 1.75 bits per heavy atom. The lowest BCUT2D eigenvalue weighted by Crippen LogP contribution is -2.27. The SMILES string of the molecule is CCCC(O)(CCC)c1nccnc1OC. The minimum atomic E-state index is -0.914. The van der Waals surface area contributed by atoms with Crippen molar-refractivity contribution in [3.05, 3.63) is 18.1 Å². The van der Waals surface area contributed by atoms with E-state index >= 15 is 0 Å². The standard InChI is InChI=1S/C12H20N2O2/c1-4-6-12(15,7-5-2)10-11(16-3)14-9-8-13-10/h8-9,15H,4-7H2,1-3H3. The number of aliphatic hydroxyl groups is 1. The van der Waals surface area contributed by atoms with Crippen LogP contribution in [0.15, 0.2) is 12.4 Å². The second-order valence-electron chi connectivity index (χ2n) is 3.95. The highest BCUT2D eigenvalue weighted by molar-refractivity contribution is 5.24. The number of methoxy groups -OCH3 is 1. The molecule has 0 unspecified atom stereocenters. The molecule has 0 aliphatic rings. The van der Waals surface area contributed by atoms with Crippen LogP contribution in [0.5, 0.6) is 5.88 Å². The van der Waals surface area contributed by atoms with Crippen LogP contribution in [0.2, 0.25) is 0 Å². The molecule has 1 N–H and O–H groups in total. The number of aromatic nitrogens is 2. The molecule has 0 radical (unpaired) electrons. The maximum Gasteiger partial charge on any atom is 0.238 e. The molecule has 4 nitrogen and oxygen atoms in total. The molecule has 0 saturated heterocycles. The molecule has 90 valence electrons. The molecule has 16 heavy (non-hydrogen) atoms. The molecule has 0 aliphatic carbocycles. The third-order valence-electron chi connectivity index (χ3n) is 2.63. The number of rotatable bonds is 6. The summed E-state index contributed by atoms with van der Waals surface area (Å²) in [5.41, 5.74) is -0.357. The molecule has 1 heterocycles. The normalized spacial score (nSPS) is 11.5. The van der Waals surface area contributed by atoms with Gasteiger partial charge >= 0.3 is 0 Å². The molecule has 0 aromatic carbocycles. The maximum absolute atomic E-state index is 10.6. The van der Waals surface area contributed by atoms with Crippen molar-refractivity contribution < 1.29 is 9.84 Å². The fourth-order valence-corrected chi connectivity index (χ4v) is 1.98. The van der Waals surface area contributed by atoms with Crippen molar-refractivity contribution in [1.82, 2.24) is 9.97 Å². The van der Waals surface area contributed by atoms with E-state index in [0.29, 0.717) is 24.4 Å². The molecule has 0 aliphatic heterocycles. The van der Waals surface area contributed by atoms with Crippen molar-refractivity contribution in [2.24, 2.45) is 0 Å². The van der Waals surface area contributed by atoms with Crippen LogP contribution in [0.3, 0.4) is 0 Å². The number of nitrogens with zero attached hydrogens (tertiary/aromatic N) is 2. The Hall–Kier alpha value is -1.16. The highest BCUT2D eigenvalue weighted by Gasteiger charge is 2.32. The summed E-state index contributed by atoms with van der Waals surface area (Å²) in [6, 6.07) is 0. The van der Waals surface area contributed by atoms with Gasteiger partial charge in [0, 0.05) is 12.4 Å². The predicted octanol–water partition coefficient (Wildman–Crippen LogP) is 2.27. The second kappa shape index (κ2) is 5.80. The van der Waals surface area contributed by atoms with E-state index in [0.717, 1.165) is 12.8 Å². The molecule has 0 bridgehead atoms. The van der Waals surface area contributed by atoms with E-state index in [1.165, 1.54) is 0 Å². The Morgan fingerprint density at radius 1 is 1.19 bits per heavy atom. The number of hydrogen-bond acceptors (Lipinski definition) is 4. The van der Waals surface area contributed by atoms with E-state index in [1.807, 2.05) is 13.8 Å². The molecule has 0 amide bonds. The molecule has 0 atom stereocenters. The predicted molar refractivity (Wildman–Crippen MR) is 62.3 cm³/mol. The largest absolute Gasteiger partial charge is 0.480 e. The Kier molecular flexibility index (Phi) is 4.68. The highest BCUT2D eigenvalue weighted by Crippen LogP contribution is 2.34. The summed E-state index contributed by atoms with van der Waals surface area (Å²) in [7, 11) is 1.55. The van der Waals surface area contributed by atoms with Crippen molar-refractivity contribution in [3.63, 3.8) is 0 Å². The zero-order chi connectivity index (χ0) is 12.0. The third-order valence-corrected chi connectivity index (χ3v) is 2.63. The molecule has 1 aromatic rings. The first-order chi connectivity index (χ1) is 7.68. The van der Waals surface area contributed by atoms with Gasteiger partial charge in [-0.3, -0.25) is 4.98 Å². The first-order valence-electron chi connectivity index (χ1n) is 5.75. The average Bonchev–Trinajstić information content (AvgIpc) is 2.29. The van der Waals surface area contributed by atoms with Gasteiger partial charge in [-0.05, 0) is 12.8 Å². The Labute approximate surface area is 96.7 Å². The first kappa shape index (κ1) is 12.9. The lowest BCUT2D eigenvalue weighted by Gasteiger charge is -2.27. The van der Waals surface area contributed by atoms with Crippen molar-refractivity contribution in [2.75, 3.05) is 7.11 Å². The Morgan fingerprint density at radius 3 is 2.25 bits per heavy atom. The zero-order valence-electron chi connectivity index (χ0n) is 10.2. The van der Waals surface area contributed by atoms with E-state index in [9.17, 15) is 5.11 Å². The van der Waals surface area contributed by atoms with Gasteiger partial charge in [-0.15, -0.1) is 0 Å². The van der Waals surface area contributed by atoms with E-state index in [1.54, 1.807) is 19.5 Å². The van der Waals surface area contributed by atoms with Crippen LogP contribution in [0.1, 0.15) is 45.2 Å². The molecule has 0 spiro atoms. The van der Waals surface area contributed by atoms with Gasteiger partial charge in [-0.1, -0.05) is 26.7 Å². The van der Waals surface area contributed by atoms with E-state index in [2.05, 4.69) is 9.97 Å². The summed E-state index contributed by atoms with van der Waals surface area (Å²) in [6.07, 6.45) is 6.31. The lowest BCUT2D eigenvalue weighted by molar-refractivity contribution is 0.00977. The summed E-state index contributed by atoms with van der Waals surface area (Å²) >= 11 is 0. The number of hydrogen-bond donors (Lipinski definition) is 1. The molecular weight excluding hydrogens is 204 g/mol. The van der Waals surface area contributed by atoms with Gasteiger partial charge in [0.2, 0.25) is 5.88 Å². The topological polar surface area (TPSA) is 55.2 Å². The molecule has 0 saturated carbocycles. The van der Waals surface area contributed by atoms with Crippen LogP contribution in [0.25, 0.3) is 0 Å². The smallest absolute Gasteiger partial charge is 0.238 e. The molecule has 1 aromatic heterocycles. The summed E-state index contributed by atoms with van der Waals surface area (Å²) in [5.74, 6) is 0.423. The quantitative estimate of drug-likeness (QED) is 0.805. The molecule has 4 heteroatoms. The third kappa shape index (κ3) is 2.70. The Balaban J connectivity index is 3.09. The first-order valence-corrected chi connectivity index (χ1v) is 5.75. The fraction of sp³-hybridized carbons (Fsp3) is 0.667. The lowest BCUT2D eigenvalue weighted by atomic mass is 9.89. The van der Waals surface area contributed by atoms with Crippen molar-refractivity contribution in [3.8, 4) is 5.88 Å². The van der Waals surface area contributed by atoms with Crippen LogP contribution in [-0.2, 0) is 5.60 Å². The van der Waals surface area contributed by atoms with Gasteiger partial charge in [-0.2, -0.15) is 0 Å². The van der Waals surface area contributed by atoms with Crippen LogP contribution in [0.4, 0.5) is 0 Å². The van der Waals surface area contributed by atoms with Gasteiger partial charge in [0.05, 0.1) is 7.11 Å². The van der Waals surface area contributed by atoms with Crippen LogP contribution < -0.4 is 4.74 Å². The zero-order valence-corrected chi connectivity index (χ0v) is 10.2. The van der Waals surface area contributed by atoms with E-state index in [-0.39, 0.29) is 0 Å². The van der Waals surface area contributed by atoms with Gasteiger partial charge < -0.3 is 9.84 Å². The molecule has 1 rings (SSSR count).